The summed E-state index contributed by atoms with van der Waals surface area (Å²) in [5.74, 6) is 0.156. The van der Waals surface area contributed by atoms with Crippen LogP contribution < -0.4 is 0 Å². The van der Waals surface area contributed by atoms with E-state index in [0.29, 0.717) is 12.8 Å². The molecule has 4 heteroatoms. The number of aromatic nitrogens is 1. The molecule has 4 nitrogen and oxygen atoms in total. The lowest BCUT2D eigenvalue weighted by Gasteiger charge is -2.24. The van der Waals surface area contributed by atoms with Crippen LogP contribution in [0.5, 0.6) is 0 Å². The molecule has 2 unspecified atom stereocenters. The molecule has 1 amide bonds. The van der Waals surface area contributed by atoms with Crippen LogP contribution in [0.4, 0.5) is 0 Å². The van der Waals surface area contributed by atoms with E-state index in [1.165, 1.54) is 0 Å². The van der Waals surface area contributed by atoms with Gasteiger partial charge in [0.1, 0.15) is 0 Å². The highest BCUT2D eigenvalue weighted by Crippen LogP contribution is 2.31. The Hall–Kier alpha value is -1.29. The van der Waals surface area contributed by atoms with Gasteiger partial charge in [0.2, 0.25) is 5.91 Å². The zero-order valence-electron chi connectivity index (χ0n) is 10.2. The number of hydrogen-bond donors (Lipinski definition) is 2. The predicted molar refractivity (Wildman–Crippen MR) is 65.4 cm³/mol. The monoisotopic (exact) mass is 236 g/mol. The van der Waals surface area contributed by atoms with E-state index in [1.807, 2.05) is 23.2 Å². The van der Waals surface area contributed by atoms with E-state index >= 15 is 0 Å². The molecule has 0 bridgehead atoms. The average Bonchev–Trinajstić information content (AvgIpc) is 2.94. The highest BCUT2D eigenvalue weighted by atomic mass is 16.3. The SMILES string of the molecule is CC(O)CCC(=O)N1CCCC1c1ccc[nH]1. The number of amides is 1. The van der Waals surface area contributed by atoms with E-state index in [4.69, 9.17) is 0 Å². The lowest BCUT2D eigenvalue weighted by molar-refractivity contribution is -0.132. The van der Waals surface area contributed by atoms with Crippen LogP contribution >= 0.6 is 0 Å². The van der Waals surface area contributed by atoms with Crippen molar-refractivity contribution in [3.63, 3.8) is 0 Å². The van der Waals surface area contributed by atoms with E-state index in [9.17, 15) is 9.90 Å². The third-order valence-corrected chi connectivity index (χ3v) is 3.33. The fraction of sp³-hybridized carbons (Fsp3) is 0.615. The zero-order chi connectivity index (χ0) is 12.3. The van der Waals surface area contributed by atoms with Crippen LogP contribution in [0.3, 0.4) is 0 Å². The number of hydrogen-bond acceptors (Lipinski definition) is 2. The number of carbonyl (C=O) groups is 1. The van der Waals surface area contributed by atoms with Crippen molar-refractivity contribution in [1.29, 1.82) is 0 Å². The lowest BCUT2D eigenvalue weighted by atomic mass is 10.1. The van der Waals surface area contributed by atoms with E-state index in [-0.39, 0.29) is 11.9 Å². The van der Waals surface area contributed by atoms with Gasteiger partial charge in [-0.25, -0.2) is 0 Å². The molecule has 0 radical (unpaired) electrons. The summed E-state index contributed by atoms with van der Waals surface area (Å²) in [5.41, 5.74) is 1.12. The largest absolute Gasteiger partial charge is 0.393 e. The topological polar surface area (TPSA) is 56.3 Å². The molecule has 0 aromatic carbocycles. The summed E-state index contributed by atoms with van der Waals surface area (Å²) in [6, 6.07) is 4.20. The minimum Gasteiger partial charge on any atom is -0.393 e. The number of aromatic amines is 1. The Morgan fingerprint density at radius 2 is 2.53 bits per heavy atom. The van der Waals surface area contributed by atoms with Crippen LogP contribution in [-0.4, -0.2) is 33.5 Å². The first-order valence-corrected chi connectivity index (χ1v) is 6.29. The van der Waals surface area contributed by atoms with Gasteiger partial charge in [-0.3, -0.25) is 4.79 Å². The number of likely N-dealkylation sites (tertiary alicyclic amines) is 1. The summed E-state index contributed by atoms with van der Waals surface area (Å²) < 4.78 is 0. The maximum absolute atomic E-state index is 12.1. The van der Waals surface area contributed by atoms with E-state index in [0.717, 1.165) is 25.1 Å². The third kappa shape index (κ3) is 2.88. The van der Waals surface area contributed by atoms with Crippen molar-refractivity contribution in [1.82, 2.24) is 9.88 Å². The highest BCUT2D eigenvalue weighted by Gasteiger charge is 2.30. The van der Waals surface area contributed by atoms with Gasteiger partial charge in [0.25, 0.3) is 0 Å². The molecule has 2 N–H and O–H groups in total. The third-order valence-electron chi connectivity index (χ3n) is 3.33. The van der Waals surface area contributed by atoms with Gasteiger partial charge >= 0.3 is 0 Å². The number of rotatable bonds is 4. The smallest absolute Gasteiger partial charge is 0.223 e. The normalized spacial score (nSPS) is 21.8. The summed E-state index contributed by atoms with van der Waals surface area (Å²) in [7, 11) is 0. The van der Waals surface area contributed by atoms with Gasteiger partial charge in [0.05, 0.1) is 12.1 Å². The molecule has 2 rings (SSSR count). The van der Waals surface area contributed by atoms with Crippen LogP contribution in [0.2, 0.25) is 0 Å². The van der Waals surface area contributed by atoms with Gasteiger partial charge in [-0.1, -0.05) is 0 Å². The Morgan fingerprint density at radius 3 is 3.18 bits per heavy atom. The summed E-state index contributed by atoms with van der Waals surface area (Å²) in [6.45, 7) is 2.56. The average molecular weight is 236 g/mol. The van der Waals surface area contributed by atoms with Crippen LogP contribution in [0.15, 0.2) is 18.3 Å². The molecule has 0 saturated carbocycles. The first-order valence-electron chi connectivity index (χ1n) is 6.29. The van der Waals surface area contributed by atoms with Crippen molar-refractivity contribution in [2.45, 2.75) is 44.8 Å². The second kappa shape index (κ2) is 5.36. The van der Waals surface area contributed by atoms with Crippen LogP contribution in [0.25, 0.3) is 0 Å². The van der Waals surface area contributed by atoms with E-state index in [2.05, 4.69) is 4.98 Å². The predicted octanol–water partition coefficient (Wildman–Crippen LogP) is 1.84. The molecule has 0 spiro atoms. The molecule has 17 heavy (non-hydrogen) atoms. The van der Waals surface area contributed by atoms with Gasteiger partial charge in [0, 0.05) is 24.9 Å². The number of aliphatic hydroxyl groups excluding tert-OH is 1. The number of nitrogens with one attached hydrogen (secondary N) is 1. The Balaban J connectivity index is 1.97. The fourth-order valence-electron chi connectivity index (χ4n) is 2.42. The number of carbonyl (C=O) groups excluding carboxylic acids is 1. The molecular weight excluding hydrogens is 216 g/mol. The minimum atomic E-state index is -0.398. The minimum absolute atomic E-state index is 0.156. The molecular formula is C13H20N2O2. The molecule has 1 aliphatic rings. The van der Waals surface area contributed by atoms with Crippen molar-refractivity contribution < 1.29 is 9.90 Å². The zero-order valence-corrected chi connectivity index (χ0v) is 10.2. The quantitative estimate of drug-likeness (QED) is 0.838. The highest BCUT2D eigenvalue weighted by molar-refractivity contribution is 5.77. The van der Waals surface area contributed by atoms with Crippen molar-refractivity contribution in [3.8, 4) is 0 Å². The standard InChI is InChI=1S/C13H20N2O2/c1-10(16)6-7-13(17)15-9-3-5-12(15)11-4-2-8-14-11/h2,4,8,10,12,14,16H,3,5-7,9H2,1H3. The van der Waals surface area contributed by atoms with Crippen molar-refractivity contribution in [3.05, 3.63) is 24.0 Å². The number of nitrogens with zero attached hydrogens (tertiary/aromatic N) is 1. The number of H-pyrrole nitrogens is 1. The maximum atomic E-state index is 12.1. The summed E-state index contributed by atoms with van der Waals surface area (Å²) in [4.78, 5) is 17.2. The molecule has 94 valence electrons. The van der Waals surface area contributed by atoms with Crippen LogP contribution in [0, 0.1) is 0 Å². The first-order chi connectivity index (χ1) is 8.18. The lowest BCUT2D eigenvalue weighted by Crippen LogP contribution is -2.31. The summed E-state index contributed by atoms with van der Waals surface area (Å²) in [6.07, 6.45) is 4.57. The Morgan fingerprint density at radius 1 is 1.71 bits per heavy atom. The molecule has 1 aromatic heterocycles. The fourth-order valence-corrected chi connectivity index (χ4v) is 2.42. The van der Waals surface area contributed by atoms with E-state index in [1.54, 1.807) is 6.92 Å². The molecule has 1 aliphatic heterocycles. The first kappa shape index (κ1) is 12.2. The second-order valence-electron chi connectivity index (χ2n) is 4.76. The molecule has 2 atom stereocenters. The van der Waals surface area contributed by atoms with Gasteiger partial charge in [-0.15, -0.1) is 0 Å². The van der Waals surface area contributed by atoms with Gasteiger partial charge in [-0.05, 0) is 38.3 Å². The summed E-state index contributed by atoms with van der Waals surface area (Å²) in [5, 5.41) is 9.22. The Bertz CT molecular complexity index is 360. The van der Waals surface area contributed by atoms with Gasteiger partial charge in [0.15, 0.2) is 0 Å². The molecule has 0 aliphatic carbocycles. The molecule has 2 heterocycles. The van der Waals surface area contributed by atoms with Crippen LogP contribution in [-0.2, 0) is 4.79 Å². The van der Waals surface area contributed by atoms with Gasteiger partial charge < -0.3 is 15.0 Å². The van der Waals surface area contributed by atoms with Crippen molar-refractivity contribution in [2.75, 3.05) is 6.54 Å². The van der Waals surface area contributed by atoms with Crippen molar-refractivity contribution >= 4 is 5.91 Å². The number of aliphatic hydroxyl groups is 1. The maximum Gasteiger partial charge on any atom is 0.223 e. The molecule has 1 aromatic rings. The van der Waals surface area contributed by atoms with Crippen LogP contribution in [0.1, 0.15) is 44.3 Å². The second-order valence-corrected chi connectivity index (χ2v) is 4.76. The molecule has 1 saturated heterocycles. The van der Waals surface area contributed by atoms with E-state index < -0.39 is 6.10 Å². The molecule has 1 fully saturated rings. The van der Waals surface area contributed by atoms with Crippen molar-refractivity contribution in [2.24, 2.45) is 0 Å². The van der Waals surface area contributed by atoms with Gasteiger partial charge in [-0.2, -0.15) is 0 Å². The Kier molecular flexibility index (Phi) is 3.84. The summed E-state index contributed by atoms with van der Waals surface area (Å²) >= 11 is 0. The Labute approximate surface area is 102 Å².